The number of hydrogen-bond acceptors (Lipinski definition) is 3. The Balaban J connectivity index is 2.22. The summed E-state index contributed by atoms with van der Waals surface area (Å²) in [7, 11) is 1.91. The maximum Gasteiger partial charge on any atom is 0.130 e. The molecule has 1 unspecified atom stereocenters. The molecule has 20 heavy (non-hydrogen) atoms. The first kappa shape index (κ1) is 15.6. The van der Waals surface area contributed by atoms with Crippen LogP contribution in [0.2, 0.25) is 5.02 Å². The van der Waals surface area contributed by atoms with E-state index >= 15 is 0 Å². The molecule has 0 aliphatic carbocycles. The molecule has 1 aromatic carbocycles. The van der Waals surface area contributed by atoms with Crippen LogP contribution in [0.5, 0.6) is 5.75 Å². The molecule has 0 amide bonds. The molecule has 112 valence electrons. The van der Waals surface area contributed by atoms with E-state index in [2.05, 4.69) is 33.0 Å². The van der Waals surface area contributed by atoms with Gasteiger partial charge in [0.15, 0.2) is 0 Å². The van der Waals surface area contributed by atoms with E-state index in [-0.39, 0.29) is 17.3 Å². The third kappa shape index (κ3) is 3.46. The summed E-state index contributed by atoms with van der Waals surface area (Å²) < 4.78 is 12.3. The average Bonchev–Trinajstić information content (AvgIpc) is 2.50. The Labute approximate surface area is 126 Å². The van der Waals surface area contributed by atoms with Gasteiger partial charge in [-0.25, -0.2) is 0 Å². The fourth-order valence-electron chi connectivity index (χ4n) is 2.84. The minimum absolute atomic E-state index is 0.0364. The molecule has 1 N–H and O–H groups in total. The summed E-state index contributed by atoms with van der Waals surface area (Å²) in [5, 5.41) is 3.87. The number of halogens is 1. The van der Waals surface area contributed by atoms with Gasteiger partial charge in [-0.05, 0) is 52.9 Å². The highest BCUT2D eigenvalue weighted by Gasteiger charge is 2.47. The Morgan fingerprint density at radius 1 is 1.35 bits per heavy atom. The first-order chi connectivity index (χ1) is 9.23. The van der Waals surface area contributed by atoms with Crippen molar-refractivity contribution in [1.82, 2.24) is 5.32 Å². The number of benzene rings is 1. The van der Waals surface area contributed by atoms with Crippen molar-refractivity contribution < 1.29 is 9.47 Å². The Hall–Kier alpha value is -0.770. The van der Waals surface area contributed by atoms with Gasteiger partial charge in [0, 0.05) is 23.6 Å². The summed E-state index contributed by atoms with van der Waals surface area (Å²) in [6.45, 7) is 9.11. The second-order valence-corrected chi connectivity index (χ2v) is 6.99. The highest BCUT2D eigenvalue weighted by atomic mass is 35.5. The van der Waals surface area contributed by atoms with Gasteiger partial charge in [0.05, 0.1) is 5.60 Å². The minimum atomic E-state index is -0.292. The third-order valence-corrected chi connectivity index (χ3v) is 3.89. The number of nitrogens with one attached hydrogen (secondary N) is 1. The van der Waals surface area contributed by atoms with E-state index in [9.17, 15) is 0 Å². The first-order valence-electron chi connectivity index (χ1n) is 7.03. The van der Waals surface area contributed by atoms with Gasteiger partial charge in [0.1, 0.15) is 17.5 Å². The average molecular weight is 298 g/mol. The van der Waals surface area contributed by atoms with Crippen molar-refractivity contribution in [2.24, 2.45) is 0 Å². The van der Waals surface area contributed by atoms with E-state index in [0.717, 1.165) is 29.3 Å². The van der Waals surface area contributed by atoms with Crippen molar-refractivity contribution >= 4 is 11.6 Å². The largest absolute Gasteiger partial charge is 0.487 e. The molecule has 0 bridgehead atoms. The zero-order valence-electron chi connectivity index (χ0n) is 12.9. The molecule has 3 nitrogen and oxygen atoms in total. The zero-order valence-corrected chi connectivity index (χ0v) is 13.7. The molecule has 0 saturated carbocycles. The topological polar surface area (TPSA) is 30.5 Å². The lowest BCUT2D eigenvalue weighted by Gasteiger charge is -2.28. The lowest BCUT2D eigenvalue weighted by atomic mass is 9.97. The Morgan fingerprint density at radius 3 is 2.60 bits per heavy atom. The molecular weight excluding hydrogens is 274 g/mol. The lowest BCUT2D eigenvalue weighted by molar-refractivity contribution is -0.0846. The van der Waals surface area contributed by atoms with Crippen LogP contribution in [0.4, 0.5) is 0 Å². The van der Waals surface area contributed by atoms with E-state index in [1.165, 1.54) is 0 Å². The van der Waals surface area contributed by atoms with Crippen LogP contribution < -0.4 is 10.1 Å². The lowest BCUT2D eigenvalue weighted by Crippen LogP contribution is -2.37. The molecule has 1 fully saturated rings. The molecule has 0 aromatic heterocycles. The Kier molecular flexibility index (Phi) is 4.33. The smallest absolute Gasteiger partial charge is 0.130 e. The monoisotopic (exact) mass is 297 g/mol. The summed E-state index contributed by atoms with van der Waals surface area (Å²) in [4.78, 5) is 0. The summed E-state index contributed by atoms with van der Waals surface area (Å²) in [5.41, 5.74) is 0.629. The maximum absolute atomic E-state index is 6.24. The van der Waals surface area contributed by atoms with Gasteiger partial charge < -0.3 is 14.8 Å². The Morgan fingerprint density at radius 2 is 2.05 bits per heavy atom. The van der Waals surface area contributed by atoms with E-state index in [4.69, 9.17) is 21.1 Å². The van der Waals surface area contributed by atoms with Crippen LogP contribution in [0.3, 0.4) is 0 Å². The van der Waals surface area contributed by atoms with Gasteiger partial charge >= 0.3 is 0 Å². The van der Waals surface area contributed by atoms with Gasteiger partial charge in [0.25, 0.3) is 0 Å². The summed E-state index contributed by atoms with van der Waals surface area (Å²) in [5.74, 6) is 0.878. The minimum Gasteiger partial charge on any atom is -0.487 e. The SMILES string of the molecule is CNCc1cc(Cl)ccc1OC1CC(C)(C)OC1(C)C. The van der Waals surface area contributed by atoms with E-state index < -0.39 is 0 Å². The predicted octanol–water partition coefficient (Wildman–Crippen LogP) is 3.78. The molecule has 4 heteroatoms. The fourth-order valence-corrected chi connectivity index (χ4v) is 3.03. The second kappa shape index (κ2) is 5.55. The highest BCUT2D eigenvalue weighted by Crippen LogP contribution is 2.40. The molecular formula is C16H24ClNO2. The molecule has 1 aliphatic rings. The molecule has 1 atom stereocenters. The van der Waals surface area contributed by atoms with Crippen LogP contribution in [0.1, 0.15) is 39.7 Å². The van der Waals surface area contributed by atoms with Crippen LogP contribution in [-0.2, 0) is 11.3 Å². The van der Waals surface area contributed by atoms with E-state index in [1.54, 1.807) is 0 Å². The van der Waals surface area contributed by atoms with Crippen LogP contribution in [0.15, 0.2) is 18.2 Å². The predicted molar refractivity (Wildman–Crippen MR) is 82.5 cm³/mol. The van der Waals surface area contributed by atoms with Crippen molar-refractivity contribution in [1.29, 1.82) is 0 Å². The van der Waals surface area contributed by atoms with Crippen molar-refractivity contribution in [2.75, 3.05) is 7.05 Å². The van der Waals surface area contributed by atoms with Crippen molar-refractivity contribution in [3.8, 4) is 5.75 Å². The van der Waals surface area contributed by atoms with E-state index in [0.29, 0.717) is 0 Å². The third-order valence-electron chi connectivity index (χ3n) is 3.65. The van der Waals surface area contributed by atoms with Gasteiger partial charge in [-0.3, -0.25) is 0 Å². The molecule has 0 spiro atoms. The molecule has 1 aromatic rings. The van der Waals surface area contributed by atoms with E-state index in [1.807, 2.05) is 25.2 Å². The van der Waals surface area contributed by atoms with Crippen LogP contribution >= 0.6 is 11.6 Å². The zero-order chi connectivity index (χ0) is 15.0. The van der Waals surface area contributed by atoms with Crippen molar-refractivity contribution in [2.45, 2.75) is 58.0 Å². The number of rotatable bonds is 4. The molecule has 0 radical (unpaired) electrons. The van der Waals surface area contributed by atoms with Crippen molar-refractivity contribution in [3.63, 3.8) is 0 Å². The molecule has 1 aliphatic heterocycles. The first-order valence-corrected chi connectivity index (χ1v) is 7.41. The molecule has 1 saturated heterocycles. The molecule has 1 heterocycles. The number of ether oxygens (including phenoxy) is 2. The maximum atomic E-state index is 6.24. The van der Waals surface area contributed by atoms with Crippen LogP contribution in [0.25, 0.3) is 0 Å². The van der Waals surface area contributed by atoms with Gasteiger partial charge in [-0.1, -0.05) is 11.6 Å². The van der Waals surface area contributed by atoms with Crippen LogP contribution in [0, 0.1) is 0 Å². The normalized spacial score (nSPS) is 23.8. The summed E-state index contributed by atoms with van der Waals surface area (Å²) >= 11 is 6.06. The van der Waals surface area contributed by atoms with Crippen LogP contribution in [-0.4, -0.2) is 24.4 Å². The molecule has 2 rings (SSSR count). The summed E-state index contributed by atoms with van der Waals surface area (Å²) in [6, 6.07) is 5.75. The van der Waals surface area contributed by atoms with Crippen molar-refractivity contribution in [3.05, 3.63) is 28.8 Å². The number of hydrogen-bond donors (Lipinski definition) is 1. The van der Waals surface area contributed by atoms with Gasteiger partial charge in [-0.15, -0.1) is 0 Å². The van der Waals surface area contributed by atoms with Gasteiger partial charge in [-0.2, -0.15) is 0 Å². The summed E-state index contributed by atoms with van der Waals surface area (Å²) in [6.07, 6.45) is 0.913. The highest BCUT2D eigenvalue weighted by molar-refractivity contribution is 6.30. The Bertz CT molecular complexity index is 485. The second-order valence-electron chi connectivity index (χ2n) is 6.56. The van der Waals surface area contributed by atoms with Gasteiger partial charge in [0.2, 0.25) is 0 Å². The quantitative estimate of drug-likeness (QED) is 0.917. The fraction of sp³-hybridized carbons (Fsp3) is 0.625. The standard InChI is InChI=1S/C16H24ClNO2/c1-15(2)9-14(16(3,4)20-15)19-13-7-6-12(17)8-11(13)10-18-5/h6-8,14,18H,9-10H2,1-5H3.